The summed E-state index contributed by atoms with van der Waals surface area (Å²) in [5.74, 6) is 2.02. The topological polar surface area (TPSA) is 38.8 Å². The van der Waals surface area contributed by atoms with Gasteiger partial charge in [0.15, 0.2) is 0 Å². The highest BCUT2D eigenvalue weighted by Crippen LogP contribution is 2.53. The van der Waals surface area contributed by atoms with Crippen molar-refractivity contribution < 1.29 is 14.3 Å². The summed E-state index contributed by atoms with van der Waals surface area (Å²) in [6.07, 6.45) is 6.23. The summed E-state index contributed by atoms with van der Waals surface area (Å²) in [5.41, 5.74) is 2.84. The number of likely N-dealkylation sites (tertiary alicyclic amines) is 1. The third-order valence-corrected chi connectivity index (χ3v) is 7.59. The van der Waals surface area contributed by atoms with Crippen molar-refractivity contribution in [2.24, 2.45) is 11.3 Å². The molecular weight excluding hydrogens is 338 g/mol. The minimum absolute atomic E-state index is 0.0943. The van der Waals surface area contributed by atoms with Crippen LogP contribution in [-0.4, -0.2) is 43.7 Å². The smallest absolute Gasteiger partial charge is 0.225 e. The van der Waals surface area contributed by atoms with Gasteiger partial charge in [0.05, 0.1) is 13.2 Å². The van der Waals surface area contributed by atoms with Gasteiger partial charge in [0.1, 0.15) is 5.75 Å². The first-order valence-corrected chi connectivity index (χ1v) is 10.5. The van der Waals surface area contributed by atoms with Crippen LogP contribution in [0.3, 0.4) is 0 Å². The van der Waals surface area contributed by atoms with Crippen LogP contribution in [0.5, 0.6) is 5.75 Å². The van der Waals surface area contributed by atoms with Crippen molar-refractivity contribution in [3.05, 3.63) is 29.3 Å². The van der Waals surface area contributed by atoms with Gasteiger partial charge in [-0.25, -0.2) is 0 Å². The summed E-state index contributed by atoms with van der Waals surface area (Å²) in [6.45, 7) is 5.59. The number of hydrogen-bond donors (Lipinski definition) is 0. The average molecular weight is 372 g/mol. The van der Waals surface area contributed by atoms with Crippen molar-refractivity contribution in [3.63, 3.8) is 0 Å². The van der Waals surface area contributed by atoms with Gasteiger partial charge in [-0.15, -0.1) is 0 Å². The number of benzene rings is 1. The minimum atomic E-state index is 0.0943. The van der Waals surface area contributed by atoms with Crippen LogP contribution in [-0.2, 0) is 16.0 Å². The fourth-order valence-electron chi connectivity index (χ4n) is 5.92. The molecule has 4 rings (SSSR count). The van der Waals surface area contributed by atoms with Gasteiger partial charge in [0.2, 0.25) is 5.91 Å². The molecule has 1 aromatic rings. The van der Waals surface area contributed by atoms with Crippen LogP contribution in [0.15, 0.2) is 18.2 Å². The molecule has 148 valence electrons. The quantitative estimate of drug-likeness (QED) is 0.800. The molecule has 1 aliphatic heterocycles. The maximum atomic E-state index is 13.5. The number of carbonyl (C=O) groups is 1. The molecule has 27 heavy (non-hydrogen) atoms. The molecule has 2 atom stereocenters. The van der Waals surface area contributed by atoms with Gasteiger partial charge in [0, 0.05) is 25.6 Å². The van der Waals surface area contributed by atoms with Crippen LogP contribution in [0, 0.1) is 11.3 Å². The van der Waals surface area contributed by atoms with E-state index >= 15 is 0 Å². The highest BCUT2D eigenvalue weighted by Gasteiger charge is 2.51. The normalized spacial score (nSPS) is 31.9. The molecule has 2 bridgehead atoms. The van der Waals surface area contributed by atoms with E-state index in [0.717, 1.165) is 50.8 Å². The van der Waals surface area contributed by atoms with Crippen molar-refractivity contribution in [3.8, 4) is 5.75 Å². The van der Waals surface area contributed by atoms with E-state index in [-0.39, 0.29) is 17.4 Å². The van der Waals surface area contributed by atoms with E-state index in [2.05, 4.69) is 36.9 Å². The van der Waals surface area contributed by atoms with Crippen LogP contribution < -0.4 is 4.74 Å². The molecule has 1 heterocycles. The summed E-state index contributed by atoms with van der Waals surface area (Å²) >= 11 is 0. The van der Waals surface area contributed by atoms with E-state index in [1.165, 1.54) is 11.1 Å². The molecule has 2 fully saturated rings. The second kappa shape index (κ2) is 7.12. The Balaban J connectivity index is 1.60. The fraction of sp³-hybridized carbons (Fsp3) is 0.696. The van der Waals surface area contributed by atoms with Crippen LogP contribution >= 0.6 is 0 Å². The molecule has 1 aromatic carbocycles. The van der Waals surface area contributed by atoms with Crippen LogP contribution in [0.1, 0.15) is 63.0 Å². The highest BCUT2D eigenvalue weighted by molar-refractivity contribution is 5.80. The summed E-state index contributed by atoms with van der Waals surface area (Å²) in [5, 5.41) is 0. The Bertz CT molecular complexity index is 706. The van der Waals surface area contributed by atoms with Crippen LogP contribution in [0.2, 0.25) is 0 Å². The van der Waals surface area contributed by atoms with E-state index in [0.29, 0.717) is 17.9 Å². The number of ether oxygens (including phenoxy) is 2. The number of fused-ring (bicyclic) bond motifs is 4. The van der Waals surface area contributed by atoms with Gasteiger partial charge < -0.3 is 14.4 Å². The lowest BCUT2D eigenvalue weighted by Gasteiger charge is -2.55. The molecular formula is C23H33NO3. The largest absolute Gasteiger partial charge is 0.496 e. The summed E-state index contributed by atoms with van der Waals surface area (Å²) < 4.78 is 11.2. The number of nitrogens with zero attached hydrogens (tertiary/aromatic N) is 1. The van der Waals surface area contributed by atoms with Gasteiger partial charge in [0.25, 0.3) is 0 Å². The first kappa shape index (κ1) is 18.8. The van der Waals surface area contributed by atoms with Gasteiger partial charge >= 0.3 is 0 Å². The van der Waals surface area contributed by atoms with Crippen molar-refractivity contribution in [1.82, 2.24) is 4.90 Å². The molecule has 0 spiro atoms. The molecule has 3 aliphatic rings. The Morgan fingerprint density at radius 1 is 1.11 bits per heavy atom. The van der Waals surface area contributed by atoms with Crippen molar-refractivity contribution >= 4 is 5.91 Å². The molecule has 2 aliphatic carbocycles. The predicted octanol–water partition coefficient (Wildman–Crippen LogP) is 4.17. The SMILES string of the molecule is COc1cccc2c1CC1N(C(=O)C3CCC(OC)CC3)CCC2C1(C)C. The molecule has 4 nitrogen and oxygen atoms in total. The molecule has 2 unspecified atom stereocenters. The van der Waals surface area contributed by atoms with E-state index < -0.39 is 0 Å². The van der Waals surface area contributed by atoms with Crippen molar-refractivity contribution in [2.75, 3.05) is 20.8 Å². The second-order valence-corrected chi connectivity index (χ2v) is 9.15. The van der Waals surface area contributed by atoms with Gasteiger partial charge in [-0.1, -0.05) is 26.0 Å². The number of piperidine rings is 1. The first-order chi connectivity index (χ1) is 13.0. The van der Waals surface area contributed by atoms with Gasteiger partial charge in [-0.3, -0.25) is 4.79 Å². The van der Waals surface area contributed by atoms with Crippen LogP contribution in [0.4, 0.5) is 0 Å². The lowest BCUT2D eigenvalue weighted by atomic mass is 9.59. The van der Waals surface area contributed by atoms with Gasteiger partial charge in [-0.05, 0) is 67.1 Å². The number of carbonyl (C=O) groups excluding carboxylic acids is 1. The minimum Gasteiger partial charge on any atom is -0.496 e. The molecule has 1 saturated heterocycles. The molecule has 1 amide bonds. The summed E-state index contributed by atoms with van der Waals surface area (Å²) in [7, 11) is 3.54. The van der Waals surface area contributed by atoms with Crippen LogP contribution in [0.25, 0.3) is 0 Å². The highest BCUT2D eigenvalue weighted by atomic mass is 16.5. The molecule has 4 heteroatoms. The molecule has 0 radical (unpaired) electrons. The zero-order valence-electron chi connectivity index (χ0n) is 17.2. The molecule has 0 aromatic heterocycles. The van der Waals surface area contributed by atoms with Crippen molar-refractivity contribution in [1.29, 1.82) is 0 Å². The molecule has 1 saturated carbocycles. The Kier molecular flexibility index (Phi) is 4.96. The molecule has 0 N–H and O–H groups in total. The number of hydrogen-bond acceptors (Lipinski definition) is 3. The Morgan fingerprint density at radius 2 is 1.85 bits per heavy atom. The number of rotatable bonds is 3. The average Bonchev–Trinajstić information content (AvgIpc) is 2.67. The van der Waals surface area contributed by atoms with E-state index in [4.69, 9.17) is 9.47 Å². The Morgan fingerprint density at radius 3 is 2.52 bits per heavy atom. The maximum absolute atomic E-state index is 13.5. The predicted molar refractivity (Wildman–Crippen MR) is 106 cm³/mol. The Labute approximate surface area is 163 Å². The van der Waals surface area contributed by atoms with E-state index in [9.17, 15) is 4.79 Å². The lowest BCUT2D eigenvalue weighted by Crippen LogP contribution is -2.59. The maximum Gasteiger partial charge on any atom is 0.225 e. The second-order valence-electron chi connectivity index (χ2n) is 9.15. The standard InChI is InChI=1S/C23H33NO3/c1-23(2)19-12-13-24(22(25)15-8-10-16(26-3)11-9-15)21(23)14-18-17(19)6-5-7-20(18)27-4/h5-7,15-16,19,21H,8-14H2,1-4H3. The van der Waals surface area contributed by atoms with E-state index in [1.54, 1.807) is 14.2 Å². The van der Waals surface area contributed by atoms with Crippen molar-refractivity contribution in [2.45, 2.75) is 70.4 Å². The first-order valence-electron chi connectivity index (χ1n) is 10.5. The summed E-state index contributed by atoms with van der Waals surface area (Å²) in [6, 6.07) is 6.70. The number of methoxy groups -OCH3 is 2. The summed E-state index contributed by atoms with van der Waals surface area (Å²) in [4.78, 5) is 15.7. The third-order valence-electron chi connectivity index (χ3n) is 7.59. The zero-order valence-corrected chi connectivity index (χ0v) is 17.2. The third kappa shape index (κ3) is 3.06. The number of amides is 1. The lowest BCUT2D eigenvalue weighted by molar-refractivity contribution is -0.146. The Hall–Kier alpha value is -1.55. The van der Waals surface area contributed by atoms with E-state index in [1.807, 2.05) is 0 Å². The zero-order chi connectivity index (χ0) is 19.2. The monoisotopic (exact) mass is 371 g/mol. The fourth-order valence-corrected chi connectivity index (χ4v) is 5.92. The van der Waals surface area contributed by atoms with Gasteiger partial charge in [-0.2, -0.15) is 0 Å².